The highest BCUT2D eigenvalue weighted by Crippen LogP contribution is 2.28. The van der Waals surface area contributed by atoms with Crippen LogP contribution in [0.4, 0.5) is 15.0 Å². The number of ether oxygens (including phenoxy) is 2. The maximum atomic E-state index is 14.9. The Bertz CT molecular complexity index is 1230. The van der Waals surface area contributed by atoms with E-state index < -0.39 is 66.5 Å². The smallest absolute Gasteiger partial charge is 0.408 e. The van der Waals surface area contributed by atoms with Crippen LogP contribution in [0.1, 0.15) is 50.8 Å². The predicted molar refractivity (Wildman–Crippen MR) is 137 cm³/mol. The molecule has 40 heavy (non-hydrogen) atoms. The van der Waals surface area contributed by atoms with Crippen LogP contribution in [0.2, 0.25) is 0 Å². The highest BCUT2D eigenvalue weighted by atomic mass is 19.1. The Hall–Kier alpha value is -3.72. The van der Waals surface area contributed by atoms with Gasteiger partial charge >= 0.3 is 11.8 Å². The van der Waals surface area contributed by atoms with Crippen LogP contribution in [0.3, 0.4) is 0 Å². The van der Waals surface area contributed by atoms with Crippen molar-refractivity contribution in [2.45, 2.75) is 76.2 Å². The summed E-state index contributed by atoms with van der Waals surface area (Å²) in [6.45, 7) is 0.780. The van der Waals surface area contributed by atoms with E-state index in [0.717, 1.165) is 5.56 Å². The van der Waals surface area contributed by atoms with Crippen molar-refractivity contribution in [3.63, 3.8) is 0 Å². The normalized spacial score (nSPS) is 21.0. The number of halogens is 1. The van der Waals surface area contributed by atoms with Gasteiger partial charge in [0.2, 0.25) is 5.91 Å². The number of unbranched alkanes of at least 4 members (excludes halogenated alkanes) is 2. The summed E-state index contributed by atoms with van der Waals surface area (Å²) in [5, 5.41) is 33.9. The standard InChI is InChI=1S/C26H33FN4O9/c1-15(33)8-4-2-7-11-18(28-26(38)39-14-16-9-5-3-6-10-16)23(36)29-22-17(27)12-31(25(37)30-22)24-21(35)20(34)19(13-32)40-24/h3,5-6,9-10,12,18-21,24,32,34-35H,2,4,7-8,11,13-14H2,1H3,(H,28,38)(H,29,30,36,37)/t18?,19-,20+,21?,24-/m1/s1. The maximum Gasteiger partial charge on any atom is 0.408 e. The number of rotatable bonds is 13. The summed E-state index contributed by atoms with van der Waals surface area (Å²) in [5.74, 6) is -2.71. The summed E-state index contributed by atoms with van der Waals surface area (Å²) >= 11 is 0. The Labute approximate surface area is 228 Å². The van der Waals surface area contributed by atoms with Crippen molar-refractivity contribution in [2.24, 2.45) is 0 Å². The third-order valence-corrected chi connectivity index (χ3v) is 6.28. The molecule has 1 saturated heterocycles. The van der Waals surface area contributed by atoms with Gasteiger partial charge in [-0.1, -0.05) is 43.2 Å². The number of amides is 2. The van der Waals surface area contributed by atoms with Gasteiger partial charge in [0.1, 0.15) is 36.7 Å². The van der Waals surface area contributed by atoms with Gasteiger partial charge in [0, 0.05) is 6.42 Å². The molecule has 1 fully saturated rings. The van der Waals surface area contributed by atoms with E-state index in [9.17, 15) is 38.9 Å². The molecule has 0 aliphatic carbocycles. The molecule has 14 heteroatoms. The maximum absolute atomic E-state index is 14.9. The number of aromatic nitrogens is 2. The Morgan fingerprint density at radius 1 is 1.15 bits per heavy atom. The number of benzene rings is 1. The van der Waals surface area contributed by atoms with Crippen molar-refractivity contribution in [3.8, 4) is 0 Å². The average Bonchev–Trinajstić information content (AvgIpc) is 3.21. The molecule has 0 radical (unpaired) electrons. The second kappa shape index (κ2) is 14.6. The first-order valence-electron chi connectivity index (χ1n) is 12.8. The largest absolute Gasteiger partial charge is 0.445 e. The first-order chi connectivity index (χ1) is 19.1. The number of hydrogen-bond donors (Lipinski definition) is 5. The van der Waals surface area contributed by atoms with E-state index in [1.165, 1.54) is 6.92 Å². The van der Waals surface area contributed by atoms with Crippen molar-refractivity contribution in [1.29, 1.82) is 0 Å². The quantitative estimate of drug-likeness (QED) is 0.217. The van der Waals surface area contributed by atoms with Gasteiger partial charge in [-0.05, 0) is 25.3 Å². The van der Waals surface area contributed by atoms with Crippen molar-refractivity contribution in [1.82, 2.24) is 14.9 Å². The van der Waals surface area contributed by atoms with Crippen LogP contribution in [0, 0.1) is 5.82 Å². The number of anilines is 1. The van der Waals surface area contributed by atoms with E-state index in [4.69, 9.17) is 9.47 Å². The highest BCUT2D eigenvalue weighted by molar-refractivity contribution is 5.95. The van der Waals surface area contributed by atoms with Gasteiger partial charge in [-0.2, -0.15) is 4.98 Å². The number of carbonyl (C=O) groups excluding carboxylic acids is 3. The number of aliphatic hydroxyl groups is 3. The average molecular weight is 565 g/mol. The zero-order valence-corrected chi connectivity index (χ0v) is 21.9. The molecule has 218 valence electrons. The first-order valence-corrected chi connectivity index (χ1v) is 12.8. The van der Waals surface area contributed by atoms with Crippen molar-refractivity contribution < 1.29 is 43.6 Å². The molecule has 0 spiro atoms. The van der Waals surface area contributed by atoms with Crippen LogP contribution in [-0.2, 0) is 25.7 Å². The van der Waals surface area contributed by atoms with Gasteiger partial charge in [-0.3, -0.25) is 9.36 Å². The summed E-state index contributed by atoms with van der Waals surface area (Å²) < 4.78 is 25.9. The third kappa shape index (κ3) is 8.39. The van der Waals surface area contributed by atoms with E-state index in [1.54, 1.807) is 30.3 Å². The SMILES string of the molecule is CC(=O)CCCCCC(NC(=O)OCc1ccccc1)C(=O)Nc1nc(=O)n([C@@H]2O[C@H](CO)[C@H](O)C2O)cc1F. The Balaban J connectivity index is 1.69. The second-order valence-electron chi connectivity index (χ2n) is 9.41. The van der Waals surface area contributed by atoms with Crippen LogP contribution in [0.15, 0.2) is 41.3 Å². The zero-order chi connectivity index (χ0) is 29.2. The summed E-state index contributed by atoms with van der Waals surface area (Å²) in [6, 6.07) is 7.68. The van der Waals surface area contributed by atoms with Gasteiger partial charge in [0.05, 0.1) is 12.8 Å². The third-order valence-electron chi connectivity index (χ3n) is 6.28. The summed E-state index contributed by atoms with van der Waals surface area (Å²) in [7, 11) is 0. The molecule has 0 bridgehead atoms. The molecule has 2 amide bonds. The lowest BCUT2D eigenvalue weighted by Crippen LogP contribution is -2.44. The lowest BCUT2D eigenvalue weighted by molar-refractivity contribution is -0.118. The molecular formula is C26H33FN4O9. The Kier molecular flexibility index (Phi) is 11.3. The minimum atomic E-state index is -1.64. The van der Waals surface area contributed by atoms with E-state index in [-0.39, 0.29) is 18.8 Å². The van der Waals surface area contributed by atoms with Crippen LogP contribution in [0.25, 0.3) is 0 Å². The first kappa shape index (κ1) is 30.8. The molecule has 2 heterocycles. The van der Waals surface area contributed by atoms with Crippen LogP contribution >= 0.6 is 0 Å². The minimum Gasteiger partial charge on any atom is -0.445 e. The molecule has 2 aromatic rings. The summed E-state index contributed by atoms with van der Waals surface area (Å²) in [6.07, 6.45) is -3.97. The van der Waals surface area contributed by atoms with E-state index >= 15 is 0 Å². The molecule has 13 nitrogen and oxygen atoms in total. The number of ketones is 1. The highest BCUT2D eigenvalue weighted by Gasteiger charge is 2.44. The number of Topliss-reactive ketones (excluding diaryl/α,β-unsaturated/α-hetero) is 1. The summed E-state index contributed by atoms with van der Waals surface area (Å²) in [5.41, 5.74) is -0.383. The molecule has 3 rings (SSSR count). The van der Waals surface area contributed by atoms with E-state index in [1.807, 2.05) is 0 Å². The van der Waals surface area contributed by atoms with Gasteiger partial charge in [0.15, 0.2) is 17.9 Å². The fourth-order valence-corrected chi connectivity index (χ4v) is 4.10. The molecular weight excluding hydrogens is 531 g/mol. The Morgan fingerprint density at radius 2 is 1.88 bits per heavy atom. The van der Waals surface area contributed by atoms with Gasteiger partial charge in [0.25, 0.3) is 0 Å². The predicted octanol–water partition coefficient (Wildman–Crippen LogP) is 0.767. The molecule has 5 N–H and O–H groups in total. The van der Waals surface area contributed by atoms with Gasteiger partial charge in [-0.25, -0.2) is 14.0 Å². The number of nitrogens with one attached hydrogen (secondary N) is 2. The monoisotopic (exact) mass is 564 g/mol. The molecule has 2 unspecified atom stereocenters. The van der Waals surface area contributed by atoms with Gasteiger partial charge in [-0.15, -0.1) is 0 Å². The minimum absolute atomic E-state index is 0.0325. The number of hydrogen-bond acceptors (Lipinski definition) is 10. The van der Waals surface area contributed by atoms with Crippen molar-refractivity contribution in [2.75, 3.05) is 11.9 Å². The van der Waals surface area contributed by atoms with E-state index in [0.29, 0.717) is 36.4 Å². The van der Waals surface area contributed by atoms with E-state index in [2.05, 4.69) is 15.6 Å². The molecule has 1 aliphatic heterocycles. The fraction of sp³-hybridized carbons (Fsp3) is 0.500. The molecule has 0 saturated carbocycles. The molecule has 1 aromatic carbocycles. The fourth-order valence-electron chi connectivity index (χ4n) is 4.10. The Morgan fingerprint density at radius 3 is 2.52 bits per heavy atom. The number of aliphatic hydroxyl groups excluding tert-OH is 3. The molecule has 5 atom stereocenters. The van der Waals surface area contributed by atoms with Crippen molar-refractivity contribution in [3.05, 3.63) is 58.4 Å². The lowest BCUT2D eigenvalue weighted by atomic mass is 10.1. The van der Waals surface area contributed by atoms with Crippen LogP contribution < -0.4 is 16.3 Å². The zero-order valence-electron chi connectivity index (χ0n) is 21.9. The number of alkyl carbamates (subject to hydrolysis) is 1. The van der Waals surface area contributed by atoms with Crippen LogP contribution in [-0.4, -0.2) is 73.6 Å². The van der Waals surface area contributed by atoms with Gasteiger partial charge < -0.3 is 40.2 Å². The van der Waals surface area contributed by atoms with Crippen molar-refractivity contribution >= 4 is 23.6 Å². The second-order valence-corrected chi connectivity index (χ2v) is 9.41. The summed E-state index contributed by atoms with van der Waals surface area (Å²) in [4.78, 5) is 52.6. The van der Waals surface area contributed by atoms with Crippen LogP contribution in [0.5, 0.6) is 0 Å². The molecule has 1 aromatic heterocycles. The molecule has 1 aliphatic rings. The topological polar surface area (TPSA) is 189 Å². The lowest BCUT2D eigenvalue weighted by Gasteiger charge is -2.20. The number of carbonyl (C=O) groups is 3. The number of nitrogens with zero attached hydrogens (tertiary/aromatic N) is 2.